The zero-order valence-corrected chi connectivity index (χ0v) is 23.2. The first-order valence-electron chi connectivity index (χ1n) is 14.9. The maximum atomic E-state index is 11.2. The summed E-state index contributed by atoms with van der Waals surface area (Å²) in [5, 5.41) is 2.97. The minimum Gasteiger partial charge on any atom is -0.351 e. The Kier molecular flexibility index (Phi) is 19.2. The monoisotopic (exact) mass is 476 g/mol. The molecule has 1 heterocycles. The zero-order valence-electron chi connectivity index (χ0n) is 23.2. The molecule has 0 spiro atoms. The summed E-state index contributed by atoms with van der Waals surface area (Å²) in [5.74, 6) is 0.0705. The van der Waals surface area contributed by atoms with Gasteiger partial charge in [-0.25, -0.2) is 4.99 Å². The maximum absolute atomic E-state index is 11.2. The minimum atomic E-state index is 0.0705. The smallest absolute Gasteiger partial charge is 0.217 e. The highest BCUT2D eigenvalue weighted by molar-refractivity contribution is 5.72. The third kappa shape index (κ3) is 15.0. The summed E-state index contributed by atoms with van der Waals surface area (Å²) in [6.45, 7) is 10.0. The molecule has 1 aliphatic heterocycles. The first kappa shape index (κ1) is 30.9. The number of likely N-dealkylation sites (N-methyl/N-ethyl adjacent to an activating group) is 1. The van der Waals surface area contributed by atoms with Crippen LogP contribution in [0.15, 0.2) is 17.1 Å². The highest BCUT2D eigenvalue weighted by Crippen LogP contribution is 2.24. The molecule has 0 bridgehead atoms. The van der Waals surface area contributed by atoms with Crippen LogP contribution in [0.2, 0.25) is 0 Å². The fraction of sp³-hybridized carbons (Fsp3) is 0.867. The highest BCUT2D eigenvalue weighted by Gasteiger charge is 2.37. The van der Waals surface area contributed by atoms with Gasteiger partial charge < -0.3 is 5.32 Å². The second-order valence-corrected chi connectivity index (χ2v) is 10.5. The molecule has 198 valence electrons. The van der Waals surface area contributed by atoms with Crippen molar-refractivity contribution in [3.63, 3.8) is 0 Å². The second kappa shape index (κ2) is 21.1. The molecule has 1 N–H and O–H groups in total. The Morgan fingerprint density at radius 3 is 1.91 bits per heavy atom. The van der Waals surface area contributed by atoms with Crippen molar-refractivity contribution in [2.24, 2.45) is 4.99 Å². The molecule has 2 atom stereocenters. The number of carbonyl (C=O) groups is 1. The lowest BCUT2D eigenvalue weighted by Gasteiger charge is -2.38. The highest BCUT2D eigenvalue weighted by atomic mass is 16.1. The molecule has 0 aromatic heterocycles. The van der Waals surface area contributed by atoms with Gasteiger partial charge in [-0.15, -0.1) is 0 Å². The second-order valence-electron chi connectivity index (χ2n) is 10.5. The van der Waals surface area contributed by atoms with E-state index in [9.17, 15) is 4.79 Å². The van der Waals surface area contributed by atoms with Gasteiger partial charge in [-0.3, -0.25) is 9.28 Å². The predicted octanol–water partition coefficient (Wildman–Crippen LogP) is 7.97. The van der Waals surface area contributed by atoms with Crippen molar-refractivity contribution in [2.75, 3.05) is 26.2 Å². The van der Waals surface area contributed by atoms with E-state index in [1.807, 2.05) is 0 Å². The van der Waals surface area contributed by atoms with Gasteiger partial charge in [-0.1, -0.05) is 96.1 Å². The molecule has 1 rings (SSSR count). The number of rotatable bonds is 23. The molecule has 0 radical (unpaired) electrons. The lowest BCUT2D eigenvalue weighted by Crippen LogP contribution is -2.55. The molecule has 0 saturated heterocycles. The summed E-state index contributed by atoms with van der Waals surface area (Å²) < 4.78 is 1.02. The van der Waals surface area contributed by atoms with Crippen molar-refractivity contribution in [1.29, 1.82) is 0 Å². The van der Waals surface area contributed by atoms with E-state index >= 15 is 0 Å². The number of amides is 1. The average molecular weight is 477 g/mol. The zero-order chi connectivity index (χ0) is 24.7. The van der Waals surface area contributed by atoms with Crippen molar-refractivity contribution in [3.8, 4) is 0 Å². The van der Waals surface area contributed by atoms with E-state index < -0.39 is 0 Å². The SMILES string of the molecule is CCCCCCCCC/C=C/CCCCCCCCCCC1N=CC[N+]1(CC)CCNC(C)=O. The minimum absolute atomic E-state index is 0.0705. The first-order valence-corrected chi connectivity index (χ1v) is 14.9. The molecule has 1 amide bonds. The normalized spacial score (nSPS) is 19.9. The molecule has 2 unspecified atom stereocenters. The Hall–Kier alpha value is -1.16. The van der Waals surface area contributed by atoms with Crippen LogP contribution >= 0.6 is 0 Å². The van der Waals surface area contributed by atoms with E-state index in [-0.39, 0.29) is 5.91 Å². The van der Waals surface area contributed by atoms with Gasteiger partial charge in [0.25, 0.3) is 0 Å². The average Bonchev–Trinajstić information content (AvgIpc) is 3.23. The topological polar surface area (TPSA) is 41.5 Å². The molecular weight excluding hydrogens is 418 g/mol. The van der Waals surface area contributed by atoms with E-state index in [0.29, 0.717) is 6.17 Å². The Morgan fingerprint density at radius 1 is 0.853 bits per heavy atom. The van der Waals surface area contributed by atoms with Crippen molar-refractivity contribution in [1.82, 2.24) is 5.32 Å². The third-order valence-electron chi connectivity index (χ3n) is 7.64. The fourth-order valence-electron chi connectivity index (χ4n) is 5.24. The molecule has 4 nitrogen and oxygen atoms in total. The van der Waals surface area contributed by atoms with Gasteiger partial charge in [-0.05, 0) is 39.0 Å². The van der Waals surface area contributed by atoms with Crippen LogP contribution in [0.5, 0.6) is 0 Å². The molecule has 0 saturated carbocycles. The van der Waals surface area contributed by atoms with Crippen LogP contribution in [0.1, 0.15) is 136 Å². The Labute approximate surface area is 212 Å². The van der Waals surface area contributed by atoms with Crippen LogP contribution in [0.3, 0.4) is 0 Å². The van der Waals surface area contributed by atoms with Gasteiger partial charge in [-0.2, -0.15) is 0 Å². The lowest BCUT2D eigenvalue weighted by atomic mass is 10.0. The quantitative estimate of drug-likeness (QED) is 0.0906. The van der Waals surface area contributed by atoms with Crippen LogP contribution in [0, 0.1) is 0 Å². The lowest BCUT2D eigenvalue weighted by molar-refractivity contribution is -0.935. The van der Waals surface area contributed by atoms with Gasteiger partial charge in [0, 0.05) is 13.3 Å². The number of hydrogen-bond acceptors (Lipinski definition) is 2. The van der Waals surface area contributed by atoms with Crippen LogP contribution in [-0.4, -0.2) is 48.9 Å². The van der Waals surface area contributed by atoms with Crippen molar-refractivity contribution < 1.29 is 9.28 Å². The van der Waals surface area contributed by atoms with Gasteiger partial charge in [0.15, 0.2) is 6.17 Å². The number of hydrogen-bond donors (Lipinski definition) is 1. The molecule has 1 aliphatic rings. The Bertz CT molecular complexity index is 545. The third-order valence-corrected chi connectivity index (χ3v) is 7.64. The molecule has 0 aromatic rings. The molecule has 0 aliphatic carbocycles. The predicted molar refractivity (Wildman–Crippen MR) is 149 cm³/mol. The summed E-state index contributed by atoms with van der Waals surface area (Å²) in [5.41, 5.74) is 0. The van der Waals surface area contributed by atoms with E-state index in [2.05, 4.69) is 37.5 Å². The number of quaternary nitrogens is 1. The van der Waals surface area contributed by atoms with Gasteiger partial charge in [0.1, 0.15) is 6.54 Å². The Balaban J connectivity index is 1.92. The van der Waals surface area contributed by atoms with Crippen LogP contribution in [0.4, 0.5) is 0 Å². The van der Waals surface area contributed by atoms with Crippen molar-refractivity contribution >= 4 is 12.1 Å². The van der Waals surface area contributed by atoms with E-state index in [1.165, 1.54) is 116 Å². The summed E-state index contributed by atoms with van der Waals surface area (Å²) in [6, 6.07) is 0. The largest absolute Gasteiger partial charge is 0.351 e. The number of carbonyl (C=O) groups excluding carboxylic acids is 1. The molecule has 0 fully saturated rings. The number of nitrogens with one attached hydrogen (secondary N) is 1. The van der Waals surface area contributed by atoms with Crippen LogP contribution in [0.25, 0.3) is 0 Å². The maximum Gasteiger partial charge on any atom is 0.217 e. The number of aliphatic imine (C=N–C) groups is 1. The molecular formula is C30H58N3O+. The molecule has 0 aromatic carbocycles. The van der Waals surface area contributed by atoms with Gasteiger partial charge in [0.2, 0.25) is 5.91 Å². The van der Waals surface area contributed by atoms with E-state index in [0.717, 1.165) is 30.7 Å². The standard InChI is InChI=1S/C30H57N3O/c1-4-6-7-8-9-10-11-12-13-14-15-16-17-18-19-20-21-22-23-24-30-32-26-28-33(30,5-2)27-25-31-29(3)34/h13-14,26,30H,4-12,15-25,27-28H2,1-3H3/p+1/b14-13+. The molecule has 4 heteroatoms. The number of nitrogens with zero attached hydrogens (tertiary/aromatic N) is 2. The summed E-state index contributed by atoms with van der Waals surface area (Å²) in [4.78, 5) is 16.0. The fourth-order valence-corrected chi connectivity index (χ4v) is 5.24. The van der Waals surface area contributed by atoms with Gasteiger partial charge in [0.05, 0.1) is 25.8 Å². The first-order chi connectivity index (χ1) is 16.6. The Morgan fingerprint density at radius 2 is 1.38 bits per heavy atom. The summed E-state index contributed by atoms with van der Waals surface area (Å²) in [6.07, 6.45) is 31.9. The number of allylic oxidation sites excluding steroid dienone is 2. The van der Waals surface area contributed by atoms with Gasteiger partial charge >= 0.3 is 0 Å². The summed E-state index contributed by atoms with van der Waals surface area (Å²) >= 11 is 0. The van der Waals surface area contributed by atoms with Crippen molar-refractivity contribution in [3.05, 3.63) is 12.2 Å². The molecule has 34 heavy (non-hydrogen) atoms. The number of unbranched alkanes of at least 4 members (excludes halogenated alkanes) is 15. The van der Waals surface area contributed by atoms with E-state index in [4.69, 9.17) is 4.99 Å². The summed E-state index contributed by atoms with van der Waals surface area (Å²) in [7, 11) is 0. The van der Waals surface area contributed by atoms with Crippen molar-refractivity contribution in [2.45, 2.75) is 143 Å². The van der Waals surface area contributed by atoms with Crippen LogP contribution in [-0.2, 0) is 4.79 Å². The van der Waals surface area contributed by atoms with Crippen LogP contribution < -0.4 is 5.32 Å². The van der Waals surface area contributed by atoms with E-state index in [1.54, 1.807) is 6.92 Å².